The molecule has 1 aromatic rings. The van der Waals surface area contributed by atoms with Crippen molar-refractivity contribution in [2.24, 2.45) is 22.7 Å². The van der Waals surface area contributed by atoms with Crippen molar-refractivity contribution < 1.29 is 33.0 Å². The molecule has 3 fully saturated rings. The van der Waals surface area contributed by atoms with Crippen LogP contribution in [0.1, 0.15) is 52.2 Å². The smallest absolute Gasteiger partial charge is 0.334 e. The highest BCUT2D eigenvalue weighted by molar-refractivity contribution is 5.91. The lowest BCUT2D eigenvalue weighted by Crippen LogP contribution is -2.49. The van der Waals surface area contributed by atoms with Gasteiger partial charge in [-0.3, -0.25) is 9.59 Å². The largest absolute Gasteiger partial charge is 0.472 e. The number of hydrogen-bond donors (Lipinski definition) is 0. The van der Waals surface area contributed by atoms with Crippen molar-refractivity contribution in [3.05, 3.63) is 35.3 Å². The number of cyclic esters (lactones) is 1. The zero-order valence-corrected chi connectivity index (χ0v) is 16.9. The molecular formula is C22H24O7. The molecule has 2 bridgehead atoms. The molecule has 0 amide bonds. The average Bonchev–Trinajstić information content (AvgIpc) is 3.28. The Kier molecular flexibility index (Phi) is 3.65. The van der Waals surface area contributed by atoms with Crippen LogP contribution in [0.15, 0.2) is 34.2 Å². The van der Waals surface area contributed by atoms with E-state index in [0.717, 1.165) is 5.57 Å². The van der Waals surface area contributed by atoms with E-state index in [9.17, 15) is 14.4 Å². The third kappa shape index (κ3) is 2.27. The number of rotatable bonds is 2. The fourth-order valence-corrected chi connectivity index (χ4v) is 6.74. The maximum Gasteiger partial charge on any atom is 0.334 e. The lowest BCUT2D eigenvalue weighted by molar-refractivity contribution is -0.167. The van der Waals surface area contributed by atoms with E-state index in [2.05, 4.69) is 6.92 Å². The van der Waals surface area contributed by atoms with Crippen molar-refractivity contribution in [1.82, 2.24) is 0 Å². The van der Waals surface area contributed by atoms with Crippen LogP contribution in [-0.2, 0) is 28.6 Å². The summed E-state index contributed by atoms with van der Waals surface area (Å²) in [6.45, 7) is 7.10. The third-order valence-electron chi connectivity index (χ3n) is 7.49. The Morgan fingerprint density at radius 1 is 1.17 bits per heavy atom. The molecular weight excluding hydrogens is 376 g/mol. The van der Waals surface area contributed by atoms with Gasteiger partial charge in [-0.25, -0.2) is 4.79 Å². The quantitative estimate of drug-likeness (QED) is 0.556. The van der Waals surface area contributed by atoms with Crippen LogP contribution in [-0.4, -0.2) is 30.1 Å². The normalized spacial score (nSPS) is 42.8. The van der Waals surface area contributed by atoms with Gasteiger partial charge in [-0.15, -0.1) is 0 Å². The summed E-state index contributed by atoms with van der Waals surface area (Å²) < 4.78 is 22.6. The number of hydrogen-bond acceptors (Lipinski definition) is 7. The van der Waals surface area contributed by atoms with E-state index in [1.54, 1.807) is 19.3 Å². The highest BCUT2D eigenvalue weighted by atomic mass is 16.6. The molecule has 3 heterocycles. The molecule has 0 radical (unpaired) electrons. The van der Waals surface area contributed by atoms with Crippen molar-refractivity contribution in [2.45, 2.75) is 58.8 Å². The van der Waals surface area contributed by atoms with Gasteiger partial charge in [-0.05, 0) is 31.9 Å². The minimum Gasteiger partial charge on any atom is -0.472 e. The lowest BCUT2D eigenvalue weighted by atomic mass is 9.56. The van der Waals surface area contributed by atoms with E-state index in [4.69, 9.17) is 18.6 Å². The summed E-state index contributed by atoms with van der Waals surface area (Å²) >= 11 is 0. The molecule has 1 saturated heterocycles. The molecule has 29 heavy (non-hydrogen) atoms. The lowest BCUT2D eigenvalue weighted by Gasteiger charge is -2.45. The van der Waals surface area contributed by atoms with Crippen molar-refractivity contribution in [1.29, 1.82) is 0 Å². The van der Waals surface area contributed by atoms with Crippen LogP contribution in [0, 0.1) is 22.7 Å². The second kappa shape index (κ2) is 5.74. The van der Waals surface area contributed by atoms with Crippen LogP contribution in [0.25, 0.3) is 0 Å². The van der Waals surface area contributed by atoms with E-state index in [1.807, 2.05) is 6.92 Å². The summed E-state index contributed by atoms with van der Waals surface area (Å²) in [7, 11) is 0. The molecule has 2 saturated carbocycles. The molecule has 7 heteroatoms. The van der Waals surface area contributed by atoms with Crippen LogP contribution in [0.3, 0.4) is 0 Å². The van der Waals surface area contributed by atoms with Gasteiger partial charge in [0.1, 0.15) is 18.3 Å². The number of fused-ring (bicyclic) bond motifs is 6. The molecule has 2 aliphatic carbocycles. The van der Waals surface area contributed by atoms with Gasteiger partial charge in [0.25, 0.3) is 0 Å². The van der Waals surface area contributed by atoms with Gasteiger partial charge < -0.3 is 18.6 Å². The first-order valence-corrected chi connectivity index (χ1v) is 9.99. The first-order chi connectivity index (χ1) is 13.7. The minimum absolute atomic E-state index is 0.198. The summed E-state index contributed by atoms with van der Waals surface area (Å²) in [4.78, 5) is 37.8. The van der Waals surface area contributed by atoms with Crippen LogP contribution in [0.4, 0.5) is 0 Å². The molecule has 7 atom stereocenters. The number of esters is 3. The molecule has 0 spiro atoms. The van der Waals surface area contributed by atoms with Gasteiger partial charge in [0.2, 0.25) is 0 Å². The summed E-state index contributed by atoms with van der Waals surface area (Å²) in [6, 6.07) is 1.76. The molecule has 2 aliphatic heterocycles. The molecule has 0 N–H and O–H groups in total. The predicted octanol–water partition coefficient (Wildman–Crippen LogP) is 3.10. The van der Waals surface area contributed by atoms with Crippen LogP contribution < -0.4 is 0 Å². The van der Waals surface area contributed by atoms with Gasteiger partial charge >= 0.3 is 17.9 Å². The van der Waals surface area contributed by atoms with E-state index < -0.39 is 29.0 Å². The van der Waals surface area contributed by atoms with Crippen molar-refractivity contribution in [3.63, 3.8) is 0 Å². The van der Waals surface area contributed by atoms with Crippen LogP contribution in [0.5, 0.6) is 0 Å². The Bertz CT molecular complexity index is 944. The molecule has 0 aromatic carbocycles. The first kappa shape index (κ1) is 18.5. The number of furan rings is 1. The highest BCUT2D eigenvalue weighted by Crippen LogP contribution is 2.70. The van der Waals surface area contributed by atoms with Crippen LogP contribution in [0.2, 0.25) is 0 Å². The average molecular weight is 400 g/mol. The summed E-state index contributed by atoms with van der Waals surface area (Å²) in [6.07, 6.45) is 2.83. The highest BCUT2D eigenvalue weighted by Gasteiger charge is 2.72. The Labute approximate surface area is 168 Å². The van der Waals surface area contributed by atoms with Gasteiger partial charge in [0.05, 0.1) is 23.9 Å². The molecule has 4 aliphatic rings. The van der Waals surface area contributed by atoms with E-state index in [0.29, 0.717) is 24.0 Å². The molecule has 5 unspecified atom stereocenters. The standard InChI is InChI=1S/C22H24O7/c1-10-15-14(16(29-19(10)24)12-5-6-26-9-12)17(27-11(2)23)18-21(15,3)7-13-8-22(18,4)20(25)28-13/h5-6,9,13-14,16-18H,7-8H2,1-4H3/t13?,14?,16-,17?,18?,21-,22?/m1/s1. The second-order valence-electron chi connectivity index (χ2n) is 9.27. The SMILES string of the molecule is CC(=O)OC1C2C(=C(C)C(=O)O[C@@H]2c2ccoc2)[C@@]2(C)CC3CC(C)(C(=O)O3)C12. The summed E-state index contributed by atoms with van der Waals surface area (Å²) in [5, 5.41) is 0. The van der Waals surface area contributed by atoms with Crippen LogP contribution >= 0.6 is 0 Å². The van der Waals surface area contributed by atoms with Gasteiger partial charge in [-0.2, -0.15) is 0 Å². The van der Waals surface area contributed by atoms with E-state index in [1.165, 1.54) is 13.2 Å². The minimum atomic E-state index is -0.785. The third-order valence-corrected chi connectivity index (χ3v) is 7.49. The van der Waals surface area contributed by atoms with Crippen molar-refractivity contribution in [2.75, 3.05) is 0 Å². The molecule has 5 rings (SSSR count). The predicted molar refractivity (Wildman–Crippen MR) is 98.1 cm³/mol. The Balaban J connectivity index is 1.75. The summed E-state index contributed by atoms with van der Waals surface area (Å²) in [5.74, 6) is -1.73. The van der Waals surface area contributed by atoms with Crippen molar-refractivity contribution >= 4 is 17.9 Å². The Morgan fingerprint density at radius 2 is 1.90 bits per heavy atom. The zero-order chi connectivity index (χ0) is 20.7. The van der Waals surface area contributed by atoms with E-state index >= 15 is 0 Å². The molecule has 154 valence electrons. The van der Waals surface area contributed by atoms with Crippen molar-refractivity contribution in [3.8, 4) is 0 Å². The van der Waals surface area contributed by atoms with E-state index in [-0.39, 0.29) is 29.9 Å². The maximum absolute atomic E-state index is 12.9. The Hall–Kier alpha value is -2.57. The van der Waals surface area contributed by atoms with Gasteiger partial charge in [-0.1, -0.05) is 6.92 Å². The topological polar surface area (TPSA) is 92.0 Å². The number of carbonyl (C=O) groups is 3. The number of carbonyl (C=O) groups excluding carboxylic acids is 3. The fourth-order valence-electron chi connectivity index (χ4n) is 6.74. The zero-order valence-electron chi connectivity index (χ0n) is 16.9. The second-order valence-corrected chi connectivity index (χ2v) is 9.27. The Morgan fingerprint density at radius 3 is 2.55 bits per heavy atom. The first-order valence-electron chi connectivity index (χ1n) is 9.99. The van der Waals surface area contributed by atoms with Gasteiger partial charge in [0, 0.05) is 35.8 Å². The maximum atomic E-state index is 12.9. The number of ether oxygens (including phenoxy) is 3. The monoisotopic (exact) mass is 400 g/mol. The summed E-state index contributed by atoms with van der Waals surface area (Å²) in [5.41, 5.74) is 0.872. The van der Waals surface area contributed by atoms with Gasteiger partial charge in [0.15, 0.2) is 0 Å². The molecule has 1 aromatic heterocycles. The fraction of sp³-hybridized carbons (Fsp3) is 0.591. The molecule has 7 nitrogen and oxygen atoms in total.